The normalized spacial score (nSPS) is 11.9. The Kier molecular flexibility index (Phi) is 2.68. The van der Waals surface area contributed by atoms with Crippen LogP contribution in [0.1, 0.15) is 13.3 Å². The number of nitrogens with two attached hydrogens (primary N) is 1. The minimum absolute atomic E-state index is 0.365. The Morgan fingerprint density at radius 1 is 1.62 bits per heavy atom. The van der Waals surface area contributed by atoms with Gasteiger partial charge in [0, 0.05) is 11.9 Å². The Labute approximate surface area is 93.1 Å². The van der Waals surface area contributed by atoms with Crippen molar-refractivity contribution in [2.75, 3.05) is 5.73 Å². The van der Waals surface area contributed by atoms with E-state index in [1.807, 2.05) is 13.0 Å². The number of aliphatic imine (C=N–C) groups is 1. The lowest BCUT2D eigenvalue weighted by Gasteiger charge is -1.99. The zero-order valence-corrected chi connectivity index (χ0v) is 9.07. The van der Waals surface area contributed by atoms with E-state index in [1.54, 1.807) is 12.3 Å². The molecule has 0 aromatic carbocycles. The Hall–Kier alpha value is -2.17. The summed E-state index contributed by atoms with van der Waals surface area (Å²) in [6.07, 6.45) is 4.26. The molecule has 5 heteroatoms. The van der Waals surface area contributed by atoms with Crippen LogP contribution in [0.4, 0.5) is 11.8 Å². The molecular formula is C11H13N5. The molecule has 2 aromatic heterocycles. The smallest absolute Gasteiger partial charge is 0.253 e. The molecule has 2 aromatic rings. The van der Waals surface area contributed by atoms with Gasteiger partial charge in [0.05, 0.1) is 5.39 Å². The zero-order chi connectivity index (χ0) is 11.5. The van der Waals surface area contributed by atoms with E-state index >= 15 is 0 Å². The molecule has 0 spiro atoms. The highest BCUT2D eigenvalue weighted by Gasteiger charge is 2.05. The molecule has 0 atom stereocenters. The molecule has 0 saturated heterocycles. The van der Waals surface area contributed by atoms with Crippen molar-refractivity contribution in [2.24, 2.45) is 4.99 Å². The van der Waals surface area contributed by atoms with E-state index in [0.717, 1.165) is 17.5 Å². The largest absolute Gasteiger partial charge is 0.383 e. The van der Waals surface area contributed by atoms with Gasteiger partial charge in [0.25, 0.3) is 5.95 Å². The zero-order valence-electron chi connectivity index (χ0n) is 9.07. The maximum absolute atomic E-state index is 5.79. The number of H-pyrrole nitrogens is 1. The summed E-state index contributed by atoms with van der Waals surface area (Å²) in [5.41, 5.74) is 7.33. The highest BCUT2D eigenvalue weighted by atomic mass is 15.1. The van der Waals surface area contributed by atoms with E-state index in [9.17, 15) is 0 Å². The summed E-state index contributed by atoms with van der Waals surface area (Å²) in [7, 11) is 0. The number of aromatic nitrogens is 3. The minimum Gasteiger partial charge on any atom is -0.383 e. The van der Waals surface area contributed by atoms with Crippen LogP contribution >= 0.6 is 0 Å². The number of aromatic amines is 1. The first kappa shape index (κ1) is 10.4. The van der Waals surface area contributed by atoms with Crippen LogP contribution in [0, 0.1) is 0 Å². The van der Waals surface area contributed by atoms with E-state index in [2.05, 4.69) is 26.5 Å². The average Bonchev–Trinajstić information content (AvgIpc) is 2.74. The molecule has 0 saturated carbocycles. The van der Waals surface area contributed by atoms with Gasteiger partial charge in [0.1, 0.15) is 11.5 Å². The molecule has 3 N–H and O–H groups in total. The number of hydrogen-bond acceptors (Lipinski definition) is 4. The fourth-order valence-corrected chi connectivity index (χ4v) is 1.40. The van der Waals surface area contributed by atoms with Crippen molar-refractivity contribution in [3.8, 4) is 0 Å². The first-order chi connectivity index (χ1) is 7.74. The summed E-state index contributed by atoms with van der Waals surface area (Å²) in [5, 5.41) is 0.815. The predicted octanol–water partition coefficient (Wildman–Crippen LogP) is 2.21. The highest BCUT2D eigenvalue weighted by molar-refractivity contribution is 5.96. The quantitative estimate of drug-likeness (QED) is 0.770. The molecule has 0 aliphatic carbocycles. The van der Waals surface area contributed by atoms with Crippen LogP contribution in [0.3, 0.4) is 0 Å². The second kappa shape index (κ2) is 4.14. The van der Waals surface area contributed by atoms with E-state index < -0.39 is 0 Å². The fraction of sp³-hybridized carbons (Fsp3) is 0.182. The first-order valence-corrected chi connectivity index (χ1v) is 5.05. The number of anilines is 1. The van der Waals surface area contributed by atoms with Crippen molar-refractivity contribution in [3.63, 3.8) is 0 Å². The summed E-state index contributed by atoms with van der Waals surface area (Å²) in [6.45, 7) is 5.67. The van der Waals surface area contributed by atoms with E-state index in [1.165, 1.54) is 0 Å². The van der Waals surface area contributed by atoms with Crippen LogP contribution in [-0.2, 0) is 0 Å². The van der Waals surface area contributed by atoms with Crippen molar-refractivity contribution in [2.45, 2.75) is 13.3 Å². The van der Waals surface area contributed by atoms with Crippen molar-refractivity contribution in [1.82, 2.24) is 15.0 Å². The van der Waals surface area contributed by atoms with Gasteiger partial charge in [-0.05, 0) is 18.6 Å². The molecule has 5 nitrogen and oxygen atoms in total. The van der Waals surface area contributed by atoms with Gasteiger partial charge in [-0.3, -0.25) is 0 Å². The van der Waals surface area contributed by atoms with Gasteiger partial charge in [0.2, 0.25) is 0 Å². The average molecular weight is 215 g/mol. The van der Waals surface area contributed by atoms with Gasteiger partial charge < -0.3 is 10.7 Å². The van der Waals surface area contributed by atoms with Gasteiger partial charge in [-0.25, -0.2) is 4.99 Å². The third kappa shape index (κ3) is 1.79. The van der Waals surface area contributed by atoms with Gasteiger partial charge in [-0.1, -0.05) is 13.5 Å². The maximum Gasteiger partial charge on any atom is 0.253 e. The number of allylic oxidation sites excluding steroid dienone is 1. The number of fused-ring (bicyclic) bond motifs is 1. The summed E-state index contributed by atoms with van der Waals surface area (Å²) >= 11 is 0. The molecular weight excluding hydrogens is 202 g/mol. The number of hydrogen-bond donors (Lipinski definition) is 2. The minimum atomic E-state index is 0.365. The Morgan fingerprint density at radius 3 is 3.12 bits per heavy atom. The number of nitrogen functional groups attached to an aromatic ring is 1. The Morgan fingerprint density at radius 2 is 2.44 bits per heavy atom. The third-order valence-corrected chi connectivity index (χ3v) is 2.27. The summed E-state index contributed by atoms with van der Waals surface area (Å²) in [5.74, 6) is 0.800. The molecule has 82 valence electrons. The molecule has 0 fully saturated rings. The predicted molar refractivity (Wildman–Crippen MR) is 65.9 cm³/mol. The standard InChI is InChI=1S/C11H13N5/c1-3-7(4-2)14-11-15-9(12)8-5-6-13-10(8)16-11/h3,5-6H,1,4H2,2H3,(H3,12,13,15,16). The Balaban J connectivity index is 2.53. The lowest BCUT2D eigenvalue weighted by molar-refractivity contribution is 1.15. The molecule has 0 amide bonds. The topological polar surface area (TPSA) is 80.0 Å². The van der Waals surface area contributed by atoms with Crippen LogP contribution in [-0.4, -0.2) is 20.7 Å². The van der Waals surface area contributed by atoms with Crippen LogP contribution in [0.2, 0.25) is 0 Å². The molecule has 2 rings (SSSR count). The maximum atomic E-state index is 5.79. The van der Waals surface area contributed by atoms with Crippen LogP contribution in [0.25, 0.3) is 11.0 Å². The van der Waals surface area contributed by atoms with Crippen molar-refractivity contribution < 1.29 is 0 Å². The second-order valence-corrected chi connectivity index (χ2v) is 3.31. The molecule has 0 unspecified atom stereocenters. The van der Waals surface area contributed by atoms with E-state index in [0.29, 0.717) is 17.4 Å². The van der Waals surface area contributed by atoms with Crippen LogP contribution in [0.5, 0.6) is 0 Å². The van der Waals surface area contributed by atoms with Crippen LogP contribution < -0.4 is 5.73 Å². The molecule has 2 heterocycles. The highest BCUT2D eigenvalue weighted by Crippen LogP contribution is 2.19. The SMILES string of the molecule is C=CC(CC)=Nc1nc(N)c2cc[nH]c2n1. The molecule has 16 heavy (non-hydrogen) atoms. The van der Waals surface area contributed by atoms with Gasteiger partial charge in [-0.15, -0.1) is 0 Å². The molecule has 0 bridgehead atoms. The number of nitrogens with zero attached hydrogens (tertiary/aromatic N) is 3. The lowest BCUT2D eigenvalue weighted by Crippen LogP contribution is -1.95. The third-order valence-electron chi connectivity index (χ3n) is 2.27. The molecule has 0 aliphatic rings. The summed E-state index contributed by atoms with van der Waals surface area (Å²) < 4.78 is 0. The number of rotatable bonds is 3. The molecule has 0 aliphatic heterocycles. The first-order valence-electron chi connectivity index (χ1n) is 5.05. The van der Waals surface area contributed by atoms with E-state index in [4.69, 9.17) is 5.73 Å². The van der Waals surface area contributed by atoms with Crippen LogP contribution in [0.15, 0.2) is 29.9 Å². The van der Waals surface area contributed by atoms with Crippen molar-refractivity contribution in [1.29, 1.82) is 0 Å². The summed E-state index contributed by atoms with van der Waals surface area (Å²) in [4.78, 5) is 15.6. The van der Waals surface area contributed by atoms with Gasteiger partial charge in [0.15, 0.2) is 0 Å². The van der Waals surface area contributed by atoms with E-state index in [-0.39, 0.29) is 0 Å². The fourth-order valence-electron chi connectivity index (χ4n) is 1.40. The Bertz CT molecular complexity index is 553. The van der Waals surface area contributed by atoms with Crippen molar-refractivity contribution >= 4 is 28.5 Å². The summed E-state index contributed by atoms with van der Waals surface area (Å²) in [6, 6.07) is 1.84. The van der Waals surface area contributed by atoms with Crippen molar-refractivity contribution in [3.05, 3.63) is 24.9 Å². The molecule has 0 radical (unpaired) electrons. The number of nitrogens with one attached hydrogen (secondary N) is 1. The van der Waals surface area contributed by atoms with Gasteiger partial charge >= 0.3 is 0 Å². The monoisotopic (exact) mass is 215 g/mol. The lowest BCUT2D eigenvalue weighted by atomic mass is 10.3. The second-order valence-electron chi connectivity index (χ2n) is 3.31. The van der Waals surface area contributed by atoms with Gasteiger partial charge in [-0.2, -0.15) is 9.97 Å².